The highest BCUT2D eigenvalue weighted by Gasteiger charge is 2.39. The van der Waals surface area contributed by atoms with Crippen LogP contribution < -0.4 is 0 Å². The first kappa shape index (κ1) is 12.0. The van der Waals surface area contributed by atoms with Gasteiger partial charge in [0.05, 0.1) is 12.9 Å². The van der Waals surface area contributed by atoms with Gasteiger partial charge in [-0.3, -0.25) is 0 Å². The average molecular weight is 252 g/mol. The fourth-order valence-electron chi connectivity index (χ4n) is 3.57. The maximum atomic E-state index is 5.77. The maximum absolute atomic E-state index is 5.77. The van der Waals surface area contributed by atoms with Crippen LogP contribution in [-0.4, -0.2) is 17.1 Å². The van der Waals surface area contributed by atoms with Crippen LogP contribution in [0.1, 0.15) is 57.8 Å². The Kier molecular flexibility index (Phi) is 4.00. The van der Waals surface area contributed by atoms with Crippen LogP contribution in [0, 0.1) is 5.92 Å². The Balaban J connectivity index is 1.35. The van der Waals surface area contributed by atoms with Crippen molar-refractivity contribution in [3.63, 3.8) is 0 Å². The average Bonchev–Trinajstić information content (AvgIpc) is 2.98. The topological polar surface area (TPSA) is 9.23 Å². The van der Waals surface area contributed by atoms with Crippen LogP contribution in [0.2, 0.25) is 0 Å². The predicted octanol–water partition coefficient (Wildman–Crippen LogP) is 4.53. The van der Waals surface area contributed by atoms with Gasteiger partial charge in [-0.15, -0.1) is 0 Å². The smallest absolute Gasteiger partial charge is 0.0876 e. The van der Waals surface area contributed by atoms with E-state index in [9.17, 15) is 0 Å². The Labute approximate surface area is 109 Å². The van der Waals surface area contributed by atoms with Gasteiger partial charge in [0.25, 0.3) is 0 Å². The van der Waals surface area contributed by atoms with Crippen LogP contribution in [0.4, 0.5) is 0 Å². The van der Waals surface area contributed by atoms with Crippen LogP contribution in [-0.2, 0) is 4.74 Å². The van der Waals surface area contributed by atoms with Crippen LogP contribution in [0.15, 0.2) is 11.8 Å². The molecule has 2 bridgehead atoms. The molecular formula is C15H24OS. The van der Waals surface area contributed by atoms with Gasteiger partial charge in [-0.1, -0.05) is 6.42 Å². The standard InChI is InChI=1S/C15H24OS/c1-2-4-12(5-3-1)11-16-9-8-13-10-14-6-7-15(13)17-14/h11,13-15H,1-10H2. The van der Waals surface area contributed by atoms with Crippen molar-refractivity contribution in [2.24, 2.45) is 5.92 Å². The molecule has 2 saturated heterocycles. The zero-order valence-corrected chi connectivity index (χ0v) is 11.5. The van der Waals surface area contributed by atoms with Gasteiger partial charge in [-0.05, 0) is 62.9 Å². The van der Waals surface area contributed by atoms with Gasteiger partial charge in [-0.25, -0.2) is 0 Å². The number of allylic oxidation sites excluding steroid dienone is 1. The molecule has 1 nitrogen and oxygen atoms in total. The molecule has 1 saturated carbocycles. The van der Waals surface area contributed by atoms with Gasteiger partial charge in [0, 0.05) is 10.5 Å². The first-order chi connectivity index (χ1) is 8.42. The normalized spacial score (nSPS) is 36.2. The minimum absolute atomic E-state index is 0.956. The van der Waals surface area contributed by atoms with Crippen molar-refractivity contribution in [2.45, 2.75) is 68.3 Å². The monoisotopic (exact) mass is 252 g/mol. The van der Waals surface area contributed by atoms with Crippen molar-refractivity contribution in [3.05, 3.63) is 11.8 Å². The summed E-state index contributed by atoms with van der Waals surface area (Å²) in [6, 6.07) is 0. The second-order valence-electron chi connectivity index (χ2n) is 5.87. The van der Waals surface area contributed by atoms with Crippen molar-refractivity contribution < 1.29 is 4.74 Å². The summed E-state index contributed by atoms with van der Waals surface area (Å²) < 4.78 is 5.77. The molecule has 1 aliphatic carbocycles. The van der Waals surface area contributed by atoms with E-state index in [1.165, 1.54) is 57.8 Å². The van der Waals surface area contributed by atoms with Crippen molar-refractivity contribution in [2.75, 3.05) is 6.61 Å². The van der Waals surface area contributed by atoms with E-state index in [4.69, 9.17) is 4.74 Å². The number of rotatable bonds is 4. The van der Waals surface area contributed by atoms with Crippen molar-refractivity contribution in [1.82, 2.24) is 0 Å². The summed E-state index contributed by atoms with van der Waals surface area (Å²) in [7, 11) is 0. The zero-order valence-electron chi connectivity index (χ0n) is 10.7. The van der Waals surface area contributed by atoms with Gasteiger partial charge < -0.3 is 4.74 Å². The van der Waals surface area contributed by atoms with Crippen LogP contribution >= 0.6 is 11.8 Å². The van der Waals surface area contributed by atoms with Crippen LogP contribution in [0.5, 0.6) is 0 Å². The molecule has 3 atom stereocenters. The minimum Gasteiger partial charge on any atom is -0.501 e. The van der Waals surface area contributed by atoms with Gasteiger partial charge in [0.2, 0.25) is 0 Å². The Hall–Kier alpha value is -0.110. The van der Waals surface area contributed by atoms with Crippen molar-refractivity contribution >= 4 is 11.8 Å². The third-order valence-corrected chi connectivity index (χ3v) is 6.37. The molecule has 2 heteroatoms. The molecule has 3 unspecified atom stereocenters. The Morgan fingerprint density at radius 2 is 2.06 bits per heavy atom. The summed E-state index contributed by atoms with van der Waals surface area (Å²) >= 11 is 2.25. The summed E-state index contributed by atoms with van der Waals surface area (Å²) in [5.41, 5.74) is 1.55. The summed E-state index contributed by atoms with van der Waals surface area (Å²) in [4.78, 5) is 0. The molecule has 0 amide bonds. The van der Waals surface area contributed by atoms with E-state index in [1.807, 2.05) is 0 Å². The predicted molar refractivity (Wildman–Crippen MR) is 74.2 cm³/mol. The number of hydrogen-bond donors (Lipinski definition) is 0. The molecule has 0 aromatic rings. The first-order valence-electron chi connectivity index (χ1n) is 7.37. The molecule has 0 spiro atoms. The lowest BCUT2D eigenvalue weighted by atomic mass is 9.87. The summed E-state index contributed by atoms with van der Waals surface area (Å²) in [5, 5.41) is 1.98. The van der Waals surface area contributed by atoms with E-state index < -0.39 is 0 Å². The molecule has 3 aliphatic rings. The molecule has 2 aliphatic heterocycles. The highest BCUT2D eigenvalue weighted by molar-refractivity contribution is 8.01. The lowest BCUT2D eigenvalue weighted by Gasteiger charge is -2.20. The lowest BCUT2D eigenvalue weighted by molar-refractivity contribution is 0.208. The Bertz CT molecular complexity index is 279. The van der Waals surface area contributed by atoms with Crippen molar-refractivity contribution in [3.8, 4) is 0 Å². The maximum Gasteiger partial charge on any atom is 0.0876 e. The largest absolute Gasteiger partial charge is 0.501 e. The van der Waals surface area contributed by atoms with E-state index in [1.54, 1.807) is 5.57 Å². The SMILES string of the molecule is C(OCCC1CC2CCC1S2)=C1CCCCC1. The van der Waals surface area contributed by atoms with Crippen LogP contribution in [0.3, 0.4) is 0 Å². The molecular weight excluding hydrogens is 228 g/mol. The van der Waals surface area contributed by atoms with E-state index in [0.717, 1.165) is 23.0 Å². The first-order valence-corrected chi connectivity index (χ1v) is 8.31. The summed E-state index contributed by atoms with van der Waals surface area (Å²) in [6.07, 6.45) is 14.5. The van der Waals surface area contributed by atoms with E-state index in [2.05, 4.69) is 18.0 Å². The number of ether oxygens (including phenoxy) is 1. The molecule has 96 valence electrons. The summed E-state index contributed by atoms with van der Waals surface area (Å²) in [5.74, 6) is 0.962. The lowest BCUT2D eigenvalue weighted by Crippen LogP contribution is -2.17. The van der Waals surface area contributed by atoms with E-state index in [-0.39, 0.29) is 0 Å². The third kappa shape index (κ3) is 3.01. The second-order valence-corrected chi connectivity index (χ2v) is 7.41. The molecule has 0 aromatic carbocycles. The third-order valence-electron chi connectivity index (χ3n) is 4.58. The second kappa shape index (κ2) is 5.69. The van der Waals surface area contributed by atoms with E-state index >= 15 is 0 Å². The van der Waals surface area contributed by atoms with Gasteiger partial charge in [0.15, 0.2) is 0 Å². The molecule has 2 heterocycles. The minimum atomic E-state index is 0.956. The molecule has 0 N–H and O–H groups in total. The fraction of sp³-hybridized carbons (Fsp3) is 0.867. The summed E-state index contributed by atoms with van der Waals surface area (Å²) in [6.45, 7) is 0.956. The molecule has 3 fully saturated rings. The highest BCUT2D eigenvalue weighted by Crippen LogP contribution is 2.50. The van der Waals surface area contributed by atoms with Gasteiger partial charge >= 0.3 is 0 Å². The van der Waals surface area contributed by atoms with Gasteiger partial charge in [-0.2, -0.15) is 11.8 Å². The molecule has 3 rings (SSSR count). The highest BCUT2D eigenvalue weighted by atomic mass is 32.2. The zero-order chi connectivity index (χ0) is 11.5. The number of thioether (sulfide) groups is 1. The molecule has 0 aromatic heterocycles. The molecule has 0 radical (unpaired) electrons. The molecule has 17 heavy (non-hydrogen) atoms. The Morgan fingerprint density at radius 1 is 1.18 bits per heavy atom. The number of hydrogen-bond acceptors (Lipinski definition) is 2. The van der Waals surface area contributed by atoms with Crippen molar-refractivity contribution in [1.29, 1.82) is 0 Å². The Morgan fingerprint density at radius 3 is 2.76 bits per heavy atom. The fourth-order valence-corrected chi connectivity index (χ4v) is 5.43. The quantitative estimate of drug-likeness (QED) is 0.537. The van der Waals surface area contributed by atoms with Gasteiger partial charge in [0.1, 0.15) is 0 Å². The number of fused-ring (bicyclic) bond motifs is 2. The van der Waals surface area contributed by atoms with Crippen LogP contribution in [0.25, 0.3) is 0 Å². The van der Waals surface area contributed by atoms with E-state index in [0.29, 0.717) is 0 Å².